The summed E-state index contributed by atoms with van der Waals surface area (Å²) in [4.78, 5) is 1.49. The van der Waals surface area contributed by atoms with Crippen molar-refractivity contribution < 1.29 is 0 Å². The van der Waals surface area contributed by atoms with E-state index in [9.17, 15) is 0 Å². The van der Waals surface area contributed by atoms with Crippen LogP contribution in [0.25, 0.3) is 54.6 Å². The minimum Gasteiger partial charge on any atom is -0.118 e. The first kappa shape index (κ1) is 22.4. The van der Waals surface area contributed by atoms with E-state index in [0.29, 0.717) is 4.75 Å². The number of fused-ring (bicyclic) bond motifs is 6. The Morgan fingerprint density at radius 3 is 1.89 bits per heavy atom. The average molecular weight is 507 g/mol. The van der Waals surface area contributed by atoms with Crippen molar-refractivity contribution in [1.29, 1.82) is 0 Å². The summed E-state index contributed by atoms with van der Waals surface area (Å²) < 4.78 is 0.316. The third-order valence-corrected chi connectivity index (χ3v) is 11.4. The van der Waals surface area contributed by atoms with Crippen LogP contribution < -0.4 is 0 Å². The monoisotopic (exact) mass is 506 g/mol. The summed E-state index contributed by atoms with van der Waals surface area (Å²) in [5.41, 5.74) is 7.16. The van der Waals surface area contributed by atoms with Crippen LogP contribution >= 0.6 is 11.8 Å². The zero-order chi connectivity index (χ0) is 25.5. The minimum atomic E-state index is 0.248. The molecule has 6 aromatic carbocycles. The third kappa shape index (κ3) is 2.94. The van der Waals surface area contributed by atoms with Crippen LogP contribution in [-0.2, 0) is 5.41 Å². The first-order valence-corrected chi connectivity index (χ1v) is 14.6. The topological polar surface area (TPSA) is 0 Å². The second-order valence-corrected chi connectivity index (χ2v) is 13.1. The Morgan fingerprint density at radius 2 is 1.18 bits per heavy atom. The zero-order valence-electron chi connectivity index (χ0n) is 21.9. The Labute approximate surface area is 228 Å². The van der Waals surface area contributed by atoms with Crippen LogP contribution in [0.2, 0.25) is 0 Å². The number of thioether (sulfide) groups is 1. The molecular formula is C37H30S. The van der Waals surface area contributed by atoms with Crippen LogP contribution in [0.1, 0.15) is 38.7 Å². The predicted octanol–water partition coefficient (Wildman–Crippen LogP) is 10.8. The maximum Gasteiger partial charge on any atom is 0.0273 e. The van der Waals surface area contributed by atoms with Crippen molar-refractivity contribution in [3.8, 4) is 22.3 Å². The Morgan fingerprint density at radius 1 is 0.579 bits per heavy atom. The van der Waals surface area contributed by atoms with Gasteiger partial charge in [-0.25, -0.2) is 0 Å². The fraction of sp³-hybridized carbons (Fsp3) is 0.189. The molecule has 2 aliphatic rings. The van der Waals surface area contributed by atoms with Gasteiger partial charge in [-0.05, 0) is 92.0 Å². The van der Waals surface area contributed by atoms with Crippen LogP contribution in [0.4, 0.5) is 0 Å². The summed E-state index contributed by atoms with van der Waals surface area (Å²) in [7, 11) is 0. The first-order valence-electron chi connectivity index (χ1n) is 13.8. The van der Waals surface area contributed by atoms with E-state index in [-0.39, 0.29) is 5.41 Å². The highest BCUT2D eigenvalue weighted by atomic mass is 32.2. The minimum absolute atomic E-state index is 0.248. The van der Waals surface area contributed by atoms with Crippen molar-refractivity contribution in [3.05, 3.63) is 115 Å². The summed E-state index contributed by atoms with van der Waals surface area (Å²) >= 11 is 2.12. The molecule has 8 rings (SSSR count). The summed E-state index contributed by atoms with van der Waals surface area (Å²) in [5, 5.41) is 7.90. The van der Waals surface area contributed by atoms with Crippen LogP contribution in [0.15, 0.2) is 114 Å². The molecule has 1 aliphatic carbocycles. The SMILES string of the molecule is CC12CCCC1(C)c1cc(-c3c4ccccc4c(-c4cccc5ccccc45)c4ccccc34)ccc1S2. The van der Waals surface area contributed by atoms with Gasteiger partial charge in [-0.1, -0.05) is 110 Å². The number of hydrogen-bond donors (Lipinski definition) is 0. The lowest BCUT2D eigenvalue weighted by atomic mass is 9.73. The van der Waals surface area contributed by atoms with Crippen LogP contribution in [0, 0.1) is 0 Å². The molecule has 2 unspecified atom stereocenters. The molecule has 6 aromatic rings. The van der Waals surface area contributed by atoms with Gasteiger partial charge in [0.05, 0.1) is 0 Å². The van der Waals surface area contributed by atoms with Gasteiger partial charge in [-0.2, -0.15) is 0 Å². The molecule has 1 heteroatoms. The molecule has 38 heavy (non-hydrogen) atoms. The highest BCUT2D eigenvalue weighted by molar-refractivity contribution is 8.01. The Bertz CT molecular complexity index is 1850. The van der Waals surface area contributed by atoms with E-state index < -0.39 is 0 Å². The quantitative estimate of drug-likeness (QED) is 0.210. The third-order valence-electron chi connectivity index (χ3n) is 9.69. The molecule has 1 fully saturated rings. The van der Waals surface area contributed by atoms with Gasteiger partial charge < -0.3 is 0 Å². The van der Waals surface area contributed by atoms with Crippen molar-refractivity contribution in [3.63, 3.8) is 0 Å². The van der Waals surface area contributed by atoms with Gasteiger partial charge in [0.25, 0.3) is 0 Å². The van der Waals surface area contributed by atoms with Gasteiger partial charge in [0, 0.05) is 15.1 Å². The van der Waals surface area contributed by atoms with E-state index >= 15 is 0 Å². The van der Waals surface area contributed by atoms with E-state index in [1.54, 1.807) is 5.56 Å². The van der Waals surface area contributed by atoms with E-state index in [0.717, 1.165) is 0 Å². The van der Waals surface area contributed by atoms with Gasteiger partial charge in [0.2, 0.25) is 0 Å². The van der Waals surface area contributed by atoms with Crippen molar-refractivity contribution in [2.75, 3.05) is 0 Å². The molecule has 0 aromatic heterocycles. The lowest BCUT2D eigenvalue weighted by Gasteiger charge is -2.34. The Hall–Kier alpha value is -3.55. The molecule has 1 saturated carbocycles. The predicted molar refractivity (Wildman–Crippen MR) is 165 cm³/mol. The highest BCUT2D eigenvalue weighted by Gasteiger charge is 2.55. The normalized spacial score (nSPS) is 22.3. The molecular weight excluding hydrogens is 476 g/mol. The van der Waals surface area contributed by atoms with Gasteiger partial charge in [0.15, 0.2) is 0 Å². The lowest BCUT2D eigenvalue weighted by Crippen LogP contribution is -2.35. The molecule has 0 nitrogen and oxygen atoms in total. The largest absolute Gasteiger partial charge is 0.118 e. The molecule has 1 aliphatic heterocycles. The molecule has 0 bridgehead atoms. The summed E-state index contributed by atoms with van der Waals surface area (Å²) in [6.07, 6.45) is 3.92. The molecule has 0 radical (unpaired) electrons. The van der Waals surface area contributed by atoms with Crippen molar-refractivity contribution in [2.24, 2.45) is 0 Å². The lowest BCUT2D eigenvalue weighted by molar-refractivity contribution is 0.418. The van der Waals surface area contributed by atoms with E-state index in [1.165, 1.54) is 78.7 Å². The number of hydrogen-bond acceptors (Lipinski definition) is 1. The molecule has 0 spiro atoms. The molecule has 1 heterocycles. The van der Waals surface area contributed by atoms with Crippen molar-refractivity contribution in [2.45, 2.75) is 48.2 Å². The maximum absolute atomic E-state index is 2.55. The maximum atomic E-state index is 2.55. The zero-order valence-corrected chi connectivity index (χ0v) is 22.7. The Balaban J connectivity index is 1.47. The molecule has 2 atom stereocenters. The highest BCUT2D eigenvalue weighted by Crippen LogP contribution is 2.64. The molecule has 0 amide bonds. The van der Waals surface area contributed by atoms with E-state index in [4.69, 9.17) is 0 Å². The van der Waals surface area contributed by atoms with E-state index in [1.807, 2.05) is 0 Å². The number of benzene rings is 6. The standard InChI is InChI=1S/C37H30S/c1-36-21-10-22-37(36,2)38-33-20-19-25(23-32(33)36)34-28-14-5-7-16-30(28)35(31-17-8-6-15-29(31)34)27-18-9-12-24-11-3-4-13-26(24)27/h3-9,11-20,23H,10,21-22H2,1-2H3. The van der Waals surface area contributed by atoms with Gasteiger partial charge in [-0.3, -0.25) is 0 Å². The second-order valence-electron chi connectivity index (χ2n) is 11.6. The fourth-order valence-corrected chi connectivity index (χ4v) is 9.22. The first-order chi connectivity index (χ1) is 18.6. The molecule has 0 saturated heterocycles. The fourth-order valence-electron chi connectivity index (χ4n) is 7.52. The van der Waals surface area contributed by atoms with Crippen LogP contribution in [0.5, 0.6) is 0 Å². The van der Waals surface area contributed by atoms with Crippen molar-refractivity contribution >= 4 is 44.1 Å². The molecule has 184 valence electrons. The second kappa shape index (κ2) is 7.98. The summed E-state index contributed by atoms with van der Waals surface area (Å²) in [6, 6.07) is 40.9. The van der Waals surface area contributed by atoms with Crippen LogP contribution in [0.3, 0.4) is 0 Å². The van der Waals surface area contributed by atoms with Crippen LogP contribution in [-0.4, -0.2) is 4.75 Å². The number of rotatable bonds is 2. The summed E-state index contributed by atoms with van der Waals surface area (Å²) in [5.74, 6) is 0. The van der Waals surface area contributed by atoms with Gasteiger partial charge in [-0.15, -0.1) is 11.8 Å². The van der Waals surface area contributed by atoms with Crippen molar-refractivity contribution in [1.82, 2.24) is 0 Å². The average Bonchev–Trinajstić information content (AvgIpc) is 3.36. The Kier molecular flexibility index (Phi) is 4.71. The summed E-state index contributed by atoms with van der Waals surface area (Å²) in [6.45, 7) is 5.01. The van der Waals surface area contributed by atoms with Gasteiger partial charge >= 0.3 is 0 Å². The smallest absolute Gasteiger partial charge is 0.0273 e. The molecule has 0 N–H and O–H groups in total. The van der Waals surface area contributed by atoms with E-state index in [2.05, 4.69) is 135 Å². The van der Waals surface area contributed by atoms with Gasteiger partial charge in [0.1, 0.15) is 0 Å².